The molecule has 0 unspecified atom stereocenters. The van der Waals surface area contributed by atoms with Crippen molar-refractivity contribution in [2.24, 2.45) is 0 Å². The average Bonchev–Trinajstić information content (AvgIpc) is 3.28. The summed E-state index contributed by atoms with van der Waals surface area (Å²) < 4.78 is 44.6. The Balaban J connectivity index is 1.62. The van der Waals surface area contributed by atoms with Gasteiger partial charge in [0.25, 0.3) is 5.56 Å². The van der Waals surface area contributed by atoms with E-state index in [4.69, 9.17) is 11.6 Å². The first-order valence-electron chi connectivity index (χ1n) is 12.1. The van der Waals surface area contributed by atoms with Crippen LogP contribution < -0.4 is 22.3 Å². The molecule has 3 N–H and O–H groups in total. The van der Waals surface area contributed by atoms with Gasteiger partial charge in [-0.2, -0.15) is 10.1 Å². The number of aliphatic hydroxyl groups is 1. The van der Waals surface area contributed by atoms with Gasteiger partial charge in [0.1, 0.15) is 0 Å². The lowest BCUT2D eigenvalue weighted by Crippen LogP contribution is -2.43. The van der Waals surface area contributed by atoms with Crippen LogP contribution in [0.2, 0.25) is 5.02 Å². The number of aromatic nitrogens is 6. The number of anilines is 2. The number of H-pyrrole nitrogens is 1. The zero-order valence-electron chi connectivity index (χ0n) is 21.2. The van der Waals surface area contributed by atoms with Gasteiger partial charge in [0.05, 0.1) is 42.0 Å². The van der Waals surface area contributed by atoms with E-state index < -0.39 is 53.6 Å². The molecule has 0 aliphatic carbocycles. The molecule has 1 atom stereocenters. The second-order valence-corrected chi connectivity index (χ2v) is 9.69. The zero-order valence-corrected chi connectivity index (χ0v) is 22.0. The van der Waals surface area contributed by atoms with Crippen molar-refractivity contribution in [3.63, 3.8) is 0 Å². The fraction of sp³-hybridized carbons (Fsp3) is 0.192. The molecule has 41 heavy (non-hydrogen) atoms. The first-order chi connectivity index (χ1) is 19.5. The topological polar surface area (TPSA) is 140 Å². The van der Waals surface area contributed by atoms with Crippen molar-refractivity contribution in [1.82, 2.24) is 28.9 Å². The zero-order chi connectivity index (χ0) is 29.4. The Labute approximate surface area is 233 Å². The SMILES string of the molecule is C[C@@H](O)Cn1cc2cc(Nc3nc(=O)n(Cc4ccc[nH]c4=O)c(=O)n3Cc3cc(F)c(F)c(F)c3)c(Cl)cc2n1. The summed E-state index contributed by atoms with van der Waals surface area (Å²) in [6.07, 6.45) is 2.38. The molecule has 3 aromatic heterocycles. The number of aromatic amines is 1. The molecule has 0 saturated carbocycles. The summed E-state index contributed by atoms with van der Waals surface area (Å²) in [6, 6.07) is 7.44. The van der Waals surface area contributed by atoms with Gasteiger partial charge in [-0.05, 0) is 42.8 Å². The van der Waals surface area contributed by atoms with E-state index in [1.54, 1.807) is 19.2 Å². The molecular formula is C26H21ClF3N7O4. The number of halogens is 4. The summed E-state index contributed by atoms with van der Waals surface area (Å²) in [5.74, 6) is -4.95. The van der Waals surface area contributed by atoms with Crippen LogP contribution in [0.4, 0.5) is 24.8 Å². The third-order valence-electron chi connectivity index (χ3n) is 6.10. The Bertz CT molecular complexity index is 1940. The van der Waals surface area contributed by atoms with Crippen molar-refractivity contribution in [2.75, 3.05) is 5.32 Å². The fourth-order valence-corrected chi connectivity index (χ4v) is 4.42. The van der Waals surface area contributed by atoms with E-state index in [9.17, 15) is 32.7 Å². The van der Waals surface area contributed by atoms with E-state index in [-0.39, 0.29) is 34.3 Å². The third kappa shape index (κ3) is 5.78. The molecule has 5 aromatic rings. The molecule has 0 aliphatic heterocycles. The van der Waals surface area contributed by atoms with Crippen LogP contribution in [-0.2, 0) is 19.6 Å². The van der Waals surface area contributed by atoms with Gasteiger partial charge in [0.15, 0.2) is 17.5 Å². The van der Waals surface area contributed by atoms with E-state index in [0.29, 0.717) is 27.6 Å². The maximum Gasteiger partial charge on any atom is 0.355 e. The number of pyridine rings is 1. The van der Waals surface area contributed by atoms with Crippen LogP contribution in [0.1, 0.15) is 18.1 Å². The summed E-state index contributed by atoms with van der Waals surface area (Å²) in [7, 11) is 0. The molecule has 15 heteroatoms. The molecule has 0 bridgehead atoms. The van der Waals surface area contributed by atoms with Gasteiger partial charge in [-0.15, -0.1) is 0 Å². The molecule has 2 aromatic carbocycles. The quantitative estimate of drug-likeness (QED) is 0.237. The number of hydrogen-bond donors (Lipinski definition) is 3. The van der Waals surface area contributed by atoms with Crippen LogP contribution in [-0.4, -0.2) is 40.1 Å². The highest BCUT2D eigenvalue weighted by Crippen LogP contribution is 2.29. The Morgan fingerprint density at radius 2 is 1.80 bits per heavy atom. The normalized spacial score (nSPS) is 12.1. The van der Waals surface area contributed by atoms with Crippen LogP contribution in [0.25, 0.3) is 10.9 Å². The van der Waals surface area contributed by atoms with Crippen LogP contribution in [0, 0.1) is 17.5 Å². The Morgan fingerprint density at radius 3 is 2.49 bits per heavy atom. The lowest BCUT2D eigenvalue weighted by Gasteiger charge is -2.16. The standard InChI is InChI=1S/C26H21ClF3N7O4/c1-13(38)9-35-11-16-7-21(17(27)8-20(16)34-35)32-24-33-25(40)37(12-15-3-2-4-31-23(15)39)26(41)36(24)10-14-5-18(28)22(30)19(29)6-14/h2-8,11,13,38H,9-10,12H2,1H3,(H,31,39)(H,32,33,40)/t13-/m1/s1. The molecular weight excluding hydrogens is 567 g/mol. The summed E-state index contributed by atoms with van der Waals surface area (Å²) in [4.78, 5) is 45.1. The molecule has 0 amide bonds. The first kappa shape index (κ1) is 27.9. The molecule has 0 aliphatic rings. The van der Waals surface area contributed by atoms with E-state index in [1.165, 1.54) is 29.1 Å². The average molecular weight is 588 g/mol. The number of benzene rings is 2. The fourth-order valence-electron chi connectivity index (χ4n) is 4.21. The predicted octanol–water partition coefficient (Wildman–Crippen LogP) is 2.73. The Hall–Kier alpha value is -4.69. The van der Waals surface area contributed by atoms with E-state index >= 15 is 0 Å². The van der Waals surface area contributed by atoms with Gasteiger partial charge < -0.3 is 15.4 Å². The van der Waals surface area contributed by atoms with Gasteiger partial charge in [0.2, 0.25) is 5.95 Å². The number of hydrogen-bond acceptors (Lipinski definition) is 7. The van der Waals surface area contributed by atoms with E-state index in [0.717, 1.165) is 4.57 Å². The number of aliphatic hydroxyl groups excluding tert-OH is 1. The van der Waals surface area contributed by atoms with Crippen molar-refractivity contribution in [1.29, 1.82) is 0 Å². The highest BCUT2D eigenvalue weighted by Gasteiger charge is 2.19. The van der Waals surface area contributed by atoms with Crippen molar-refractivity contribution in [2.45, 2.75) is 32.7 Å². The van der Waals surface area contributed by atoms with Gasteiger partial charge >= 0.3 is 11.4 Å². The third-order valence-corrected chi connectivity index (χ3v) is 6.41. The van der Waals surface area contributed by atoms with Crippen molar-refractivity contribution in [3.05, 3.63) is 114 Å². The number of rotatable bonds is 8. The van der Waals surface area contributed by atoms with Crippen LogP contribution in [0.3, 0.4) is 0 Å². The Morgan fingerprint density at radius 1 is 1.07 bits per heavy atom. The van der Waals surface area contributed by atoms with Crippen LogP contribution in [0.15, 0.2) is 63.2 Å². The highest BCUT2D eigenvalue weighted by molar-refractivity contribution is 6.34. The minimum absolute atomic E-state index is 0.0855. The summed E-state index contributed by atoms with van der Waals surface area (Å²) in [5.41, 5.74) is -1.86. The molecule has 0 radical (unpaired) electrons. The Kier molecular flexibility index (Phi) is 7.51. The van der Waals surface area contributed by atoms with Crippen molar-refractivity contribution in [3.8, 4) is 0 Å². The predicted molar refractivity (Wildman–Crippen MR) is 144 cm³/mol. The lowest BCUT2D eigenvalue weighted by molar-refractivity contribution is 0.169. The second kappa shape index (κ2) is 11.1. The molecule has 212 valence electrons. The van der Waals surface area contributed by atoms with Gasteiger partial charge in [0, 0.05) is 23.3 Å². The second-order valence-electron chi connectivity index (χ2n) is 9.29. The smallest absolute Gasteiger partial charge is 0.355 e. The maximum atomic E-state index is 14.0. The molecule has 11 nitrogen and oxygen atoms in total. The van der Waals surface area contributed by atoms with Crippen molar-refractivity contribution >= 4 is 34.1 Å². The first-order valence-corrected chi connectivity index (χ1v) is 12.5. The number of nitrogens with one attached hydrogen (secondary N) is 2. The summed E-state index contributed by atoms with van der Waals surface area (Å²) >= 11 is 6.44. The van der Waals surface area contributed by atoms with Gasteiger partial charge in [-0.25, -0.2) is 27.3 Å². The minimum atomic E-state index is -1.68. The maximum absolute atomic E-state index is 14.0. The van der Waals surface area contributed by atoms with Crippen molar-refractivity contribution < 1.29 is 18.3 Å². The number of nitrogens with zero attached hydrogens (tertiary/aromatic N) is 5. The van der Waals surface area contributed by atoms with Gasteiger partial charge in [-0.3, -0.25) is 14.0 Å². The molecule has 0 fully saturated rings. The van der Waals surface area contributed by atoms with Crippen LogP contribution in [0.5, 0.6) is 0 Å². The largest absolute Gasteiger partial charge is 0.391 e. The summed E-state index contributed by atoms with van der Waals surface area (Å²) in [5, 5.41) is 17.6. The molecule has 0 saturated heterocycles. The van der Waals surface area contributed by atoms with E-state index in [2.05, 4.69) is 20.4 Å². The van der Waals surface area contributed by atoms with Crippen LogP contribution >= 0.6 is 11.6 Å². The van der Waals surface area contributed by atoms with E-state index in [1.807, 2.05) is 0 Å². The molecule has 0 spiro atoms. The molecule has 5 rings (SSSR count). The highest BCUT2D eigenvalue weighted by atomic mass is 35.5. The summed E-state index contributed by atoms with van der Waals surface area (Å²) in [6.45, 7) is 0.859. The lowest BCUT2D eigenvalue weighted by atomic mass is 10.2. The monoisotopic (exact) mass is 587 g/mol. The van der Waals surface area contributed by atoms with Gasteiger partial charge in [-0.1, -0.05) is 17.7 Å². The molecule has 3 heterocycles. The number of fused-ring (bicyclic) bond motifs is 1. The minimum Gasteiger partial charge on any atom is -0.391 e.